The Kier molecular flexibility index (Phi) is 5.08. The largest absolute Gasteiger partial charge is 0.393 e. The lowest BCUT2D eigenvalue weighted by Gasteiger charge is -2.35. The zero-order valence-electron chi connectivity index (χ0n) is 12.4. The number of likely N-dealkylation sites (tertiary alicyclic amines) is 1. The topological polar surface area (TPSA) is 23.5 Å². The van der Waals surface area contributed by atoms with Crippen LogP contribution in [0.2, 0.25) is 0 Å². The van der Waals surface area contributed by atoms with E-state index in [1.165, 1.54) is 38.8 Å². The summed E-state index contributed by atoms with van der Waals surface area (Å²) < 4.78 is 0. The van der Waals surface area contributed by atoms with Gasteiger partial charge in [-0.1, -0.05) is 27.2 Å². The maximum Gasteiger partial charge on any atom is 0.0580 e. The van der Waals surface area contributed by atoms with Gasteiger partial charge in [-0.25, -0.2) is 0 Å². The van der Waals surface area contributed by atoms with E-state index < -0.39 is 0 Å². The predicted molar refractivity (Wildman–Crippen MR) is 76.5 cm³/mol. The minimum Gasteiger partial charge on any atom is -0.393 e. The van der Waals surface area contributed by atoms with E-state index in [0.29, 0.717) is 5.92 Å². The zero-order valence-corrected chi connectivity index (χ0v) is 12.4. The summed E-state index contributed by atoms with van der Waals surface area (Å²) in [6, 6.07) is 0. The lowest BCUT2D eigenvalue weighted by Crippen LogP contribution is -2.38. The van der Waals surface area contributed by atoms with Crippen LogP contribution in [0.15, 0.2) is 0 Å². The smallest absolute Gasteiger partial charge is 0.0580 e. The molecule has 0 amide bonds. The molecule has 1 saturated heterocycles. The summed E-state index contributed by atoms with van der Waals surface area (Å²) in [6.07, 6.45) is 6.13. The highest BCUT2D eigenvalue weighted by Crippen LogP contribution is 2.33. The quantitative estimate of drug-likeness (QED) is 0.832. The van der Waals surface area contributed by atoms with Gasteiger partial charge in [0.25, 0.3) is 0 Å². The molecule has 0 aromatic carbocycles. The van der Waals surface area contributed by atoms with E-state index >= 15 is 0 Å². The SMILES string of the molecule is CCC1CCC(O)C(CN2CCC(C(C)C)C2)C1. The molecule has 4 atom stereocenters. The first-order valence-electron chi connectivity index (χ1n) is 8.00. The van der Waals surface area contributed by atoms with Crippen LogP contribution in [0.4, 0.5) is 0 Å². The Bertz CT molecular complexity index is 253. The van der Waals surface area contributed by atoms with Gasteiger partial charge in [0.15, 0.2) is 0 Å². The Morgan fingerprint density at radius 2 is 2.00 bits per heavy atom. The van der Waals surface area contributed by atoms with Crippen molar-refractivity contribution < 1.29 is 5.11 Å². The molecular weight excluding hydrogens is 222 g/mol. The molecule has 0 bridgehead atoms. The molecular formula is C16H31NO. The van der Waals surface area contributed by atoms with E-state index in [0.717, 1.165) is 30.7 Å². The molecule has 4 unspecified atom stereocenters. The van der Waals surface area contributed by atoms with Crippen molar-refractivity contribution in [3.8, 4) is 0 Å². The molecule has 2 nitrogen and oxygen atoms in total. The van der Waals surface area contributed by atoms with E-state index in [9.17, 15) is 5.11 Å². The Morgan fingerprint density at radius 1 is 1.22 bits per heavy atom. The molecule has 2 rings (SSSR count). The summed E-state index contributed by atoms with van der Waals surface area (Å²) in [7, 11) is 0. The van der Waals surface area contributed by atoms with E-state index in [2.05, 4.69) is 25.7 Å². The van der Waals surface area contributed by atoms with Crippen molar-refractivity contribution in [1.29, 1.82) is 0 Å². The maximum atomic E-state index is 10.2. The van der Waals surface area contributed by atoms with Crippen molar-refractivity contribution >= 4 is 0 Å². The molecule has 1 aliphatic carbocycles. The minimum atomic E-state index is -0.0362. The Balaban J connectivity index is 1.81. The van der Waals surface area contributed by atoms with Crippen LogP contribution in [-0.2, 0) is 0 Å². The average Bonchev–Trinajstić information content (AvgIpc) is 2.81. The van der Waals surface area contributed by atoms with Gasteiger partial charge in [-0.3, -0.25) is 0 Å². The second-order valence-electron chi connectivity index (χ2n) is 6.97. The minimum absolute atomic E-state index is 0.0362. The summed E-state index contributed by atoms with van der Waals surface area (Å²) in [5.41, 5.74) is 0. The van der Waals surface area contributed by atoms with Gasteiger partial charge in [-0.15, -0.1) is 0 Å². The first-order valence-corrected chi connectivity index (χ1v) is 8.00. The third-order valence-electron chi connectivity index (χ3n) is 5.37. The van der Waals surface area contributed by atoms with Crippen LogP contribution in [0.1, 0.15) is 52.9 Å². The standard InChI is InChI=1S/C16H31NO/c1-4-13-5-6-16(18)15(9-13)11-17-8-7-14(10-17)12(2)3/h12-16,18H,4-11H2,1-3H3. The Morgan fingerprint density at radius 3 is 2.61 bits per heavy atom. The number of nitrogens with zero attached hydrogens (tertiary/aromatic N) is 1. The first-order chi connectivity index (χ1) is 8.60. The summed E-state index contributed by atoms with van der Waals surface area (Å²) in [6.45, 7) is 10.6. The number of hydrogen-bond donors (Lipinski definition) is 1. The van der Waals surface area contributed by atoms with Gasteiger partial charge < -0.3 is 10.0 Å². The molecule has 1 saturated carbocycles. The molecule has 2 fully saturated rings. The van der Waals surface area contributed by atoms with Gasteiger partial charge in [-0.05, 0) is 55.9 Å². The van der Waals surface area contributed by atoms with E-state index in [4.69, 9.17) is 0 Å². The van der Waals surface area contributed by atoms with Crippen molar-refractivity contribution in [2.75, 3.05) is 19.6 Å². The summed E-state index contributed by atoms with van der Waals surface area (Å²) in [4.78, 5) is 2.61. The molecule has 2 aliphatic rings. The molecule has 2 heteroatoms. The van der Waals surface area contributed by atoms with Crippen LogP contribution in [0, 0.1) is 23.7 Å². The fourth-order valence-electron chi connectivity index (χ4n) is 3.82. The van der Waals surface area contributed by atoms with Crippen molar-refractivity contribution in [2.45, 2.75) is 59.0 Å². The third-order valence-corrected chi connectivity index (χ3v) is 5.37. The van der Waals surface area contributed by atoms with Gasteiger partial charge in [0.2, 0.25) is 0 Å². The fourth-order valence-corrected chi connectivity index (χ4v) is 3.82. The predicted octanol–water partition coefficient (Wildman–Crippen LogP) is 3.15. The van der Waals surface area contributed by atoms with Gasteiger partial charge in [-0.2, -0.15) is 0 Å². The molecule has 0 aromatic rings. The first kappa shape index (κ1) is 14.3. The second kappa shape index (κ2) is 6.38. The number of rotatable bonds is 4. The molecule has 1 N–H and O–H groups in total. The highest BCUT2D eigenvalue weighted by Gasteiger charge is 2.32. The highest BCUT2D eigenvalue weighted by atomic mass is 16.3. The van der Waals surface area contributed by atoms with E-state index in [-0.39, 0.29) is 6.10 Å². The normalized spacial score (nSPS) is 38.5. The van der Waals surface area contributed by atoms with Gasteiger partial charge in [0.05, 0.1) is 6.10 Å². The highest BCUT2D eigenvalue weighted by molar-refractivity contribution is 4.85. The lowest BCUT2D eigenvalue weighted by atomic mass is 9.78. The van der Waals surface area contributed by atoms with E-state index in [1.807, 2.05) is 0 Å². The molecule has 0 radical (unpaired) electrons. The van der Waals surface area contributed by atoms with Crippen molar-refractivity contribution in [1.82, 2.24) is 4.90 Å². The second-order valence-corrected chi connectivity index (χ2v) is 6.97. The van der Waals surface area contributed by atoms with Gasteiger partial charge in [0, 0.05) is 13.1 Å². The summed E-state index contributed by atoms with van der Waals surface area (Å²) >= 11 is 0. The molecule has 18 heavy (non-hydrogen) atoms. The van der Waals surface area contributed by atoms with Crippen molar-refractivity contribution in [3.05, 3.63) is 0 Å². The lowest BCUT2D eigenvalue weighted by molar-refractivity contribution is 0.0298. The van der Waals surface area contributed by atoms with Crippen LogP contribution in [0.25, 0.3) is 0 Å². The number of hydrogen-bond acceptors (Lipinski definition) is 2. The molecule has 0 spiro atoms. The van der Waals surface area contributed by atoms with Crippen molar-refractivity contribution in [3.63, 3.8) is 0 Å². The molecule has 1 aliphatic heterocycles. The molecule has 106 valence electrons. The summed E-state index contributed by atoms with van der Waals surface area (Å²) in [5, 5.41) is 10.2. The number of aliphatic hydroxyl groups excluding tert-OH is 1. The van der Waals surface area contributed by atoms with E-state index in [1.54, 1.807) is 0 Å². The number of aliphatic hydroxyl groups is 1. The zero-order chi connectivity index (χ0) is 13.1. The van der Waals surface area contributed by atoms with Gasteiger partial charge in [0.1, 0.15) is 0 Å². The molecule has 0 aromatic heterocycles. The maximum absolute atomic E-state index is 10.2. The monoisotopic (exact) mass is 253 g/mol. The Hall–Kier alpha value is -0.0800. The summed E-state index contributed by atoms with van der Waals surface area (Å²) in [5.74, 6) is 3.10. The van der Waals surface area contributed by atoms with Crippen LogP contribution >= 0.6 is 0 Å². The average molecular weight is 253 g/mol. The Labute approximate surface area is 113 Å². The van der Waals surface area contributed by atoms with Crippen LogP contribution < -0.4 is 0 Å². The van der Waals surface area contributed by atoms with Crippen LogP contribution in [-0.4, -0.2) is 35.7 Å². The van der Waals surface area contributed by atoms with Crippen LogP contribution in [0.5, 0.6) is 0 Å². The molecule has 1 heterocycles. The van der Waals surface area contributed by atoms with Gasteiger partial charge >= 0.3 is 0 Å². The van der Waals surface area contributed by atoms with Crippen LogP contribution in [0.3, 0.4) is 0 Å². The van der Waals surface area contributed by atoms with Crippen molar-refractivity contribution in [2.24, 2.45) is 23.7 Å². The third kappa shape index (κ3) is 3.48. The fraction of sp³-hybridized carbons (Fsp3) is 1.00.